The van der Waals surface area contributed by atoms with E-state index in [4.69, 9.17) is 21.2 Å². The maximum absolute atomic E-state index is 9.38. The molecule has 32 heavy (non-hydrogen) atoms. The largest absolute Gasteiger partial charge is 0.489 e. The molecule has 0 aromatic heterocycles. The normalized spacial score (nSPS) is 20.9. The second kappa shape index (κ2) is 10.9. The summed E-state index contributed by atoms with van der Waals surface area (Å²) < 4.78 is 6.04. The van der Waals surface area contributed by atoms with Crippen molar-refractivity contribution in [3.05, 3.63) is 59.2 Å². The van der Waals surface area contributed by atoms with Crippen molar-refractivity contribution >= 4 is 11.4 Å². The third-order valence-corrected chi connectivity index (χ3v) is 6.76. The number of hydrogen-bond donors (Lipinski definition) is 3. The first-order chi connectivity index (χ1) is 15.6. The van der Waals surface area contributed by atoms with E-state index in [2.05, 4.69) is 17.0 Å². The van der Waals surface area contributed by atoms with E-state index in [1.807, 2.05) is 30.3 Å². The molecule has 6 nitrogen and oxygen atoms in total. The van der Waals surface area contributed by atoms with E-state index >= 15 is 0 Å². The monoisotopic (exact) mass is 436 g/mol. The minimum atomic E-state index is 0.0786. The smallest absolute Gasteiger partial charge is 0.120 e. The van der Waals surface area contributed by atoms with E-state index in [9.17, 15) is 5.11 Å². The van der Waals surface area contributed by atoms with Crippen molar-refractivity contribution < 1.29 is 9.84 Å². The molecule has 0 spiro atoms. The van der Waals surface area contributed by atoms with E-state index in [0.717, 1.165) is 74.5 Å². The molecule has 1 saturated heterocycles. The Bertz CT molecular complexity index is 922. The fourth-order valence-corrected chi connectivity index (χ4v) is 4.81. The summed E-state index contributed by atoms with van der Waals surface area (Å²) in [6.07, 6.45) is 5.39. The fraction of sp³-hybridized carbons (Fsp3) is 0.500. The predicted octanol–water partition coefficient (Wildman–Crippen LogP) is 3.00. The molecule has 1 aliphatic heterocycles. The van der Waals surface area contributed by atoms with Crippen LogP contribution in [0.2, 0.25) is 0 Å². The number of anilines is 1. The minimum absolute atomic E-state index is 0.0786. The van der Waals surface area contributed by atoms with Gasteiger partial charge in [0.2, 0.25) is 0 Å². The molecule has 1 unspecified atom stereocenters. The van der Waals surface area contributed by atoms with Gasteiger partial charge in [0.25, 0.3) is 0 Å². The summed E-state index contributed by atoms with van der Waals surface area (Å²) in [5.41, 5.74) is 17.5. The molecular formula is C26H36N4O2. The number of ether oxygens (including phenoxy) is 1. The number of hydrogen-bond acceptors (Lipinski definition) is 6. The van der Waals surface area contributed by atoms with Crippen molar-refractivity contribution in [1.82, 2.24) is 4.90 Å². The zero-order valence-electron chi connectivity index (χ0n) is 18.9. The third kappa shape index (κ3) is 5.68. The first kappa shape index (κ1) is 22.8. The van der Waals surface area contributed by atoms with E-state index in [1.54, 1.807) is 0 Å². The molecule has 5 N–H and O–H groups in total. The number of nitrogen functional groups attached to an aromatic ring is 1. The highest BCUT2D eigenvalue weighted by Gasteiger charge is 2.27. The third-order valence-electron chi connectivity index (χ3n) is 6.76. The van der Waals surface area contributed by atoms with Crippen molar-refractivity contribution in [2.45, 2.75) is 44.8 Å². The first-order valence-electron chi connectivity index (χ1n) is 11.9. The maximum atomic E-state index is 9.38. The zero-order valence-corrected chi connectivity index (χ0v) is 18.9. The average molecular weight is 437 g/mol. The van der Waals surface area contributed by atoms with Crippen LogP contribution >= 0.6 is 0 Å². The molecule has 4 rings (SSSR count). The molecule has 1 aliphatic carbocycles. The summed E-state index contributed by atoms with van der Waals surface area (Å²) in [5, 5.41) is 9.38. The molecule has 0 saturated carbocycles. The maximum Gasteiger partial charge on any atom is 0.120 e. The lowest BCUT2D eigenvalue weighted by atomic mass is 9.80. The van der Waals surface area contributed by atoms with Gasteiger partial charge in [0.15, 0.2) is 0 Å². The number of piperidine rings is 1. The molecule has 6 heteroatoms. The molecule has 0 amide bonds. The Morgan fingerprint density at radius 2 is 1.91 bits per heavy atom. The standard InChI is InChI=1S/C26H36N4O2/c27-22-10-14-30(15-11-22)13-9-19-5-6-20-17-23(7-8-24(20)26(19)29-12-16-31)32-18-21-3-1-2-4-25(21)28/h1-4,7-8,17,19,22,31H,5-6,9-16,18,27-28H2. The van der Waals surface area contributed by atoms with Crippen LogP contribution in [0.25, 0.3) is 0 Å². The second-order valence-corrected chi connectivity index (χ2v) is 9.00. The summed E-state index contributed by atoms with van der Waals surface area (Å²) in [5.74, 6) is 1.29. The number of benzene rings is 2. The Hall–Kier alpha value is -2.41. The Balaban J connectivity index is 1.43. The quantitative estimate of drug-likeness (QED) is 0.553. The van der Waals surface area contributed by atoms with Gasteiger partial charge in [0.05, 0.1) is 13.2 Å². The molecule has 1 fully saturated rings. The van der Waals surface area contributed by atoms with Gasteiger partial charge in [-0.3, -0.25) is 4.99 Å². The van der Waals surface area contributed by atoms with Gasteiger partial charge in [-0.05, 0) is 87.1 Å². The molecule has 2 aromatic carbocycles. The topological polar surface area (TPSA) is 97.1 Å². The number of fused-ring (bicyclic) bond motifs is 1. The van der Waals surface area contributed by atoms with Crippen LogP contribution in [0.5, 0.6) is 5.75 Å². The number of nitrogens with zero attached hydrogens (tertiary/aromatic N) is 2. The van der Waals surface area contributed by atoms with Crippen molar-refractivity contribution in [2.75, 3.05) is 38.5 Å². The van der Waals surface area contributed by atoms with E-state index in [-0.39, 0.29) is 6.61 Å². The molecule has 172 valence electrons. The number of nitrogens with two attached hydrogens (primary N) is 2. The van der Waals surface area contributed by atoms with E-state index < -0.39 is 0 Å². The first-order valence-corrected chi connectivity index (χ1v) is 11.9. The molecule has 0 bridgehead atoms. The highest BCUT2D eigenvalue weighted by Crippen LogP contribution is 2.32. The summed E-state index contributed by atoms with van der Waals surface area (Å²) in [4.78, 5) is 7.34. The average Bonchev–Trinajstić information content (AvgIpc) is 2.82. The number of aliphatic imine (C=N–C) groups is 1. The Morgan fingerprint density at radius 1 is 1.09 bits per heavy atom. The summed E-state index contributed by atoms with van der Waals surface area (Å²) in [7, 11) is 0. The van der Waals surface area contributed by atoms with Crippen LogP contribution < -0.4 is 16.2 Å². The lowest BCUT2D eigenvalue weighted by Gasteiger charge is -2.33. The van der Waals surface area contributed by atoms with Gasteiger partial charge < -0.3 is 26.2 Å². The number of aliphatic hydroxyl groups is 1. The van der Waals surface area contributed by atoms with Gasteiger partial charge >= 0.3 is 0 Å². The number of para-hydroxylation sites is 1. The lowest BCUT2D eigenvalue weighted by molar-refractivity contribution is 0.204. The van der Waals surface area contributed by atoms with Crippen LogP contribution in [0.4, 0.5) is 5.69 Å². The predicted molar refractivity (Wildman–Crippen MR) is 130 cm³/mol. The molecule has 1 atom stereocenters. The van der Waals surface area contributed by atoms with Gasteiger partial charge in [-0.2, -0.15) is 0 Å². The van der Waals surface area contributed by atoms with Crippen LogP contribution in [0, 0.1) is 5.92 Å². The Morgan fingerprint density at radius 3 is 2.69 bits per heavy atom. The summed E-state index contributed by atoms with van der Waals surface area (Å²) >= 11 is 0. The fourth-order valence-electron chi connectivity index (χ4n) is 4.81. The van der Waals surface area contributed by atoms with Gasteiger partial charge in [-0.15, -0.1) is 0 Å². The van der Waals surface area contributed by atoms with Crippen molar-refractivity contribution in [3.63, 3.8) is 0 Å². The highest BCUT2D eigenvalue weighted by molar-refractivity contribution is 6.04. The Kier molecular flexibility index (Phi) is 7.79. The van der Waals surface area contributed by atoms with Crippen LogP contribution in [0.3, 0.4) is 0 Å². The summed E-state index contributed by atoms with van der Waals surface area (Å²) in [6.45, 7) is 4.27. The highest BCUT2D eigenvalue weighted by atomic mass is 16.5. The number of aliphatic hydroxyl groups excluding tert-OH is 1. The number of rotatable bonds is 8. The van der Waals surface area contributed by atoms with Gasteiger partial charge in [0.1, 0.15) is 12.4 Å². The number of aryl methyl sites for hydroxylation is 1. The van der Waals surface area contributed by atoms with Gasteiger partial charge in [-0.25, -0.2) is 0 Å². The van der Waals surface area contributed by atoms with Crippen LogP contribution in [0.15, 0.2) is 47.5 Å². The minimum Gasteiger partial charge on any atom is -0.489 e. The zero-order chi connectivity index (χ0) is 22.3. The number of likely N-dealkylation sites (tertiary alicyclic amines) is 1. The van der Waals surface area contributed by atoms with Crippen LogP contribution in [0.1, 0.15) is 42.4 Å². The Labute approximate surface area is 191 Å². The van der Waals surface area contributed by atoms with Crippen molar-refractivity contribution in [2.24, 2.45) is 16.6 Å². The van der Waals surface area contributed by atoms with Crippen LogP contribution in [-0.4, -0.2) is 54.5 Å². The van der Waals surface area contributed by atoms with E-state index in [0.29, 0.717) is 25.1 Å². The van der Waals surface area contributed by atoms with Crippen molar-refractivity contribution in [3.8, 4) is 5.75 Å². The summed E-state index contributed by atoms with van der Waals surface area (Å²) in [6, 6.07) is 14.5. The molecule has 0 radical (unpaired) electrons. The molecular weight excluding hydrogens is 400 g/mol. The SMILES string of the molecule is Nc1ccccc1COc1ccc2c(c1)CCC(CCN1CCC(N)CC1)C2=NCCO. The van der Waals surface area contributed by atoms with E-state index in [1.165, 1.54) is 11.1 Å². The van der Waals surface area contributed by atoms with Gasteiger partial charge in [-0.1, -0.05) is 18.2 Å². The van der Waals surface area contributed by atoms with Crippen molar-refractivity contribution in [1.29, 1.82) is 0 Å². The molecule has 2 aromatic rings. The molecule has 2 aliphatic rings. The van der Waals surface area contributed by atoms with Crippen LogP contribution in [-0.2, 0) is 13.0 Å². The second-order valence-electron chi connectivity index (χ2n) is 9.00. The lowest BCUT2D eigenvalue weighted by Crippen LogP contribution is -2.41. The van der Waals surface area contributed by atoms with Gasteiger partial charge in [0, 0.05) is 28.9 Å². The molecule has 1 heterocycles.